The molecule has 1 aliphatic carbocycles. The van der Waals surface area contributed by atoms with Crippen LogP contribution in [0.15, 0.2) is 6.20 Å². The smallest absolute Gasteiger partial charge is 0.0666 e. The first kappa shape index (κ1) is 14.6. The van der Waals surface area contributed by atoms with Gasteiger partial charge in [-0.15, -0.1) is 0 Å². The summed E-state index contributed by atoms with van der Waals surface area (Å²) in [5.41, 5.74) is 2.61. The Balaban J connectivity index is 1.80. The van der Waals surface area contributed by atoms with Crippen LogP contribution in [0.5, 0.6) is 0 Å². The van der Waals surface area contributed by atoms with Crippen LogP contribution in [0.2, 0.25) is 0 Å². The maximum atomic E-state index is 4.50. The Hall–Kier alpha value is -0.830. The largest absolute Gasteiger partial charge is 0.310 e. The van der Waals surface area contributed by atoms with Crippen molar-refractivity contribution in [2.45, 2.75) is 65.5 Å². The minimum atomic E-state index is 0.708. The van der Waals surface area contributed by atoms with Gasteiger partial charge in [0.25, 0.3) is 0 Å². The van der Waals surface area contributed by atoms with Gasteiger partial charge in [0.15, 0.2) is 0 Å². The topological polar surface area (TPSA) is 29.9 Å². The third-order valence-electron chi connectivity index (χ3n) is 4.62. The molecule has 0 saturated heterocycles. The summed E-state index contributed by atoms with van der Waals surface area (Å²) in [6, 6.07) is 0.708. The monoisotopic (exact) mass is 263 g/mol. The molecule has 0 atom stereocenters. The van der Waals surface area contributed by atoms with Crippen LogP contribution in [-0.4, -0.2) is 15.8 Å². The Morgan fingerprint density at radius 3 is 2.58 bits per heavy atom. The number of nitrogens with zero attached hydrogens (tertiary/aromatic N) is 2. The van der Waals surface area contributed by atoms with Crippen molar-refractivity contribution in [3.8, 4) is 0 Å². The molecule has 19 heavy (non-hydrogen) atoms. The first-order valence-electron chi connectivity index (χ1n) is 7.85. The van der Waals surface area contributed by atoms with Gasteiger partial charge in [-0.2, -0.15) is 5.10 Å². The number of hydrogen-bond donors (Lipinski definition) is 1. The molecule has 0 radical (unpaired) electrons. The van der Waals surface area contributed by atoms with E-state index in [1.807, 2.05) is 11.7 Å². The molecule has 0 spiro atoms. The predicted octanol–water partition coefficient (Wildman–Crippen LogP) is 3.29. The normalized spacial score (nSPS) is 24.1. The highest BCUT2D eigenvalue weighted by Crippen LogP contribution is 2.29. The van der Waals surface area contributed by atoms with Gasteiger partial charge >= 0.3 is 0 Å². The first-order chi connectivity index (χ1) is 9.10. The van der Waals surface area contributed by atoms with Crippen LogP contribution in [0, 0.1) is 11.8 Å². The van der Waals surface area contributed by atoms with E-state index in [0.29, 0.717) is 6.04 Å². The van der Waals surface area contributed by atoms with Gasteiger partial charge in [0.2, 0.25) is 0 Å². The van der Waals surface area contributed by atoms with Gasteiger partial charge in [-0.3, -0.25) is 4.68 Å². The van der Waals surface area contributed by atoms with E-state index in [1.165, 1.54) is 36.9 Å². The fourth-order valence-electron chi connectivity index (χ4n) is 3.27. The molecular formula is C16H29N3. The molecule has 1 saturated carbocycles. The third-order valence-corrected chi connectivity index (χ3v) is 4.62. The average molecular weight is 263 g/mol. The molecule has 2 rings (SSSR count). The Morgan fingerprint density at radius 1 is 1.32 bits per heavy atom. The molecule has 0 unspecified atom stereocenters. The summed E-state index contributed by atoms with van der Waals surface area (Å²) >= 11 is 0. The number of nitrogens with one attached hydrogen (secondary N) is 1. The number of aromatic nitrogens is 2. The van der Waals surface area contributed by atoms with Crippen molar-refractivity contribution in [1.29, 1.82) is 0 Å². The lowest BCUT2D eigenvalue weighted by Gasteiger charge is -2.31. The Morgan fingerprint density at radius 2 is 2.00 bits per heavy atom. The summed E-state index contributed by atoms with van der Waals surface area (Å²) in [6.45, 7) is 7.89. The minimum Gasteiger partial charge on any atom is -0.310 e. The van der Waals surface area contributed by atoms with Gasteiger partial charge < -0.3 is 5.32 Å². The number of rotatable bonds is 5. The maximum Gasteiger partial charge on any atom is 0.0666 e. The molecule has 0 amide bonds. The lowest BCUT2D eigenvalue weighted by molar-refractivity contribution is 0.238. The van der Waals surface area contributed by atoms with E-state index in [9.17, 15) is 0 Å². The lowest BCUT2D eigenvalue weighted by atomic mass is 9.80. The third kappa shape index (κ3) is 3.82. The summed E-state index contributed by atoms with van der Waals surface area (Å²) < 4.78 is 1.94. The molecule has 1 aromatic rings. The second-order valence-electron chi connectivity index (χ2n) is 6.36. The van der Waals surface area contributed by atoms with E-state index in [0.717, 1.165) is 24.8 Å². The van der Waals surface area contributed by atoms with Gasteiger partial charge in [-0.05, 0) is 43.9 Å². The molecule has 1 aromatic heterocycles. The fourth-order valence-corrected chi connectivity index (χ4v) is 3.27. The zero-order chi connectivity index (χ0) is 13.8. The quantitative estimate of drug-likeness (QED) is 0.883. The van der Waals surface area contributed by atoms with E-state index in [2.05, 4.69) is 37.4 Å². The summed E-state index contributed by atoms with van der Waals surface area (Å²) in [5.74, 6) is 1.80. The molecule has 0 aliphatic heterocycles. The SMILES string of the molecule is CCc1nn(C)cc1CNC1CCC(C(C)C)CC1. The Bertz CT molecular complexity index is 387. The van der Waals surface area contributed by atoms with Gasteiger partial charge in [-0.1, -0.05) is 20.8 Å². The van der Waals surface area contributed by atoms with Crippen molar-refractivity contribution < 1.29 is 0 Å². The Labute approximate surface area is 117 Å². The van der Waals surface area contributed by atoms with Crippen molar-refractivity contribution in [1.82, 2.24) is 15.1 Å². The highest BCUT2D eigenvalue weighted by molar-refractivity contribution is 5.16. The lowest BCUT2D eigenvalue weighted by Crippen LogP contribution is -2.33. The zero-order valence-corrected chi connectivity index (χ0v) is 12.9. The Kier molecular flexibility index (Phi) is 5.03. The zero-order valence-electron chi connectivity index (χ0n) is 12.9. The van der Waals surface area contributed by atoms with E-state index in [1.54, 1.807) is 0 Å². The highest BCUT2D eigenvalue weighted by Gasteiger charge is 2.23. The second kappa shape index (κ2) is 6.56. The molecule has 3 heteroatoms. The molecule has 108 valence electrons. The molecule has 0 bridgehead atoms. The van der Waals surface area contributed by atoms with Crippen LogP contribution >= 0.6 is 0 Å². The van der Waals surface area contributed by atoms with Gasteiger partial charge in [0.05, 0.1) is 5.69 Å². The van der Waals surface area contributed by atoms with Gasteiger partial charge in [0.1, 0.15) is 0 Å². The fraction of sp³-hybridized carbons (Fsp3) is 0.812. The summed E-state index contributed by atoms with van der Waals surface area (Å²) in [5, 5.41) is 8.24. The van der Waals surface area contributed by atoms with E-state index >= 15 is 0 Å². The van der Waals surface area contributed by atoms with Crippen LogP contribution in [0.25, 0.3) is 0 Å². The molecule has 1 fully saturated rings. The van der Waals surface area contributed by atoms with Crippen molar-refractivity contribution in [3.63, 3.8) is 0 Å². The van der Waals surface area contributed by atoms with Gasteiger partial charge in [0, 0.05) is 31.4 Å². The minimum absolute atomic E-state index is 0.708. The highest BCUT2D eigenvalue weighted by atomic mass is 15.3. The van der Waals surface area contributed by atoms with E-state index in [-0.39, 0.29) is 0 Å². The predicted molar refractivity (Wildman–Crippen MR) is 80.0 cm³/mol. The standard InChI is InChI=1S/C16H29N3/c1-5-16-14(11-19(4)18-16)10-17-15-8-6-13(7-9-15)12(2)3/h11-13,15,17H,5-10H2,1-4H3. The van der Waals surface area contributed by atoms with Crippen LogP contribution in [-0.2, 0) is 20.0 Å². The van der Waals surface area contributed by atoms with E-state index in [4.69, 9.17) is 0 Å². The van der Waals surface area contributed by atoms with Crippen molar-refractivity contribution >= 4 is 0 Å². The van der Waals surface area contributed by atoms with Crippen LogP contribution < -0.4 is 5.32 Å². The molecule has 1 heterocycles. The maximum absolute atomic E-state index is 4.50. The average Bonchev–Trinajstić information content (AvgIpc) is 2.77. The van der Waals surface area contributed by atoms with Crippen LogP contribution in [0.3, 0.4) is 0 Å². The van der Waals surface area contributed by atoms with Crippen LogP contribution in [0.4, 0.5) is 0 Å². The van der Waals surface area contributed by atoms with Crippen molar-refractivity contribution in [2.75, 3.05) is 0 Å². The summed E-state index contributed by atoms with van der Waals surface area (Å²) in [6.07, 6.45) is 8.64. The van der Waals surface area contributed by atoms with Gasteiger partial charge in [-0.25, -0.2) is 0 Å². The number of hydrogen-bond acceptors (Lipinski definition) is 2. The van der Waals surface area contributed by atoms with Crippen molar-refractivity contribution in [2.24, 2.45) is 18.9 Å². The molecule has 0 aromatic carbocycles. The summed E-state index contributed by atoms with van der Waals surface area (Å²) in [4.78, 5) is 0. The first-order valence-corrected chi connectivity index (χ1v) is 7.85. The van der Waals surface area contributed by atoms with E-state index < -0.39 is 0 Å². The molecule has 3 nitrogen and oxygen atoms in total. The van der Waals surface area contributed by atoms with Crippen molar-refractivity contribution in [3.05, 3.63) is 17.5 Å². The molecule has 1 N–H and O–H groups in total. The van der Waals surface area contributed by atoms with Crippen LogP contribution in [0.1, 0.15) is 57.7 Å². The second-order valence-corrected chi connectivity index (χ2v) is 6.36. The molecular weight excluding hydrogens is 234 g/mol. The molecule has 1 aliphatic rings. The number of aryl methyl sites for hydroxylation is 2. The summed E-state index contributed by atoms with van der Waals surface area (Å²) in [7, 11) is 2.01.